The number of carbonyl (C=O) groups excluding carboxylic acids is 1. The third kappa shape index (κ3) is 5.06. The first-order chi connectivity index (χ1) is 8.25. The number of benzene rings is 1. The second-order valence-corrected chi connectivity index (χ2v) is 3.94. The number of amides is 1. The van der Waals surface area contributed by atoms with Crippen LogP contribution in [0.5, 0.6) is 0 Å². The summed E-state index contributed by atoms with van der Waals surface area (Å²) in [7, 11) is 0. The molecule has 0 atom stereocenters. The lowest BCUT2D eigenvalue weighted by Crippen LogP contribution is -2.27. The van der Waals surface area contributed by atoms with Gasteiger partial charge in [0.1, 0.15) is 0 Å². The highest BCUT2D eigenvalue weighted by Crippen LogP contribution is 2.12. The Morgan fingerprint density at radius 3 is 2.88 bits per heavy atom. The molecule has 0 saturated carbocycles. The van der Waals surface area contributed by atoms with Crippen LogP contribution in [0.25, 0.3) is 0 Å². The fourth-order valence-electron chi connectivity index (χ4n) is 1.27. The molecule has 0 heterocycles. The zero-order valence-electron chi connectivity index (χ0n) is 9.69. The molecule has 17 heavy (non-hydrogen) atoms. The average molecular weight is 251 g/mol. The molecular formula is C13H17NO2S. The molecule has 1 rings (SSSR count). The predicted octanol–water partition coefficient (Wildman–Crippen LogP) is 2.30. The van der Waals surface area contributed by atoms with Gasteiger partial charge in [0.05, 0.1) is 18.8 Å². The summed E-state index contributed by atoms with van der Waals surface area (Å²) in [5.41, 5.74) is 0.585. The third-order valence-electron chi connectivity index (χ3n) is 2.15. The van der Waals surface area contributed by atoms with E-state index in [1.807, 2.05) is 12.1 Å². The second kappa shape index (κ2) is 7.92. The predicted molar refractivity (Wildman–Crippen MR) is 71.7 cm³/mol. The van der Waals surface area contributed by atoms with Crippen molar-refractivity contribution in [2.45, 2.75) is 11.3 Å². The van der Waals surface area contributed by atoms with Gasteiger partial charge in [0, 0.05) is 11.4 Å². The summed E-state index contributed by atoms with van der Waals surface area (Å²) < 4.78 is 5.29. The van der Waals surface area contributed by atoms with Gasteiger partial charge in [0.2, 0.25) is 0 Å². The van der Waals surface area contributed by atoms with Crippen molar-refractivity contribution in [1.29, 1.82) is 0 Å². The van der Waals surface area contributed by atoms with E-state index in [2.05, 4.69) is 24.5 Å². The standard InChI is InChI=1S/C13H17NO2S/c1-2-3-9-16-10-8-14-13(15)11-6-4-5-7-12(11)17/h2,4-7,17H,1,3,8-10H2,(H,14,15). The summed E-state index contributed by atoms with van der Waals surface area (Å²) in [6.45, 7) is 5.25. The summed E-state index contributed by atoms with van der Waals surface area (Å²) in [5, 5.41) is 2.78. The minimum Gasteiger partial charge on any atom is -0.379 e. The van der Waals surface area contributed by atoms with Gasteiger partial charge in [-0.15, -0.1) is 19.2 Å². The van der Waals surface area contributed by atoms with Crippen LogP contribution in [0.2, 0.25) is 0 Å². The van der Waals surface area contributed by atoms with Gasteiger partial charge < -0.3 is 10.1 Å². The average Bonchev–Trinajstić information content (AvgIpc) is 2.34. The molecule has 0 aliphatic rings. The number of ether oxygens (including phenoxy) is 1. The van der Waals surface area contributed by atoms with Gasteiger partial charge in [0.25, 0.3) is 5.91 Å². The third-order valence-corrected chi connectivity index (χ3v) is 2.54. The molecule has 0 bridgehead atoms. The van der Waals surface area contributed by atoms with Gasteiger partial charge in [-0.05, 0) is 18.6 Å². The SMILES string of the molecule is C=CCCOCCNC(=O)c1ccccc1S. The molecule has 0 aromatic heterocycles. The maximum absolute atomic E-state index is 11.7. The van der Waals surface area contributed by atoms with Crippen LogP contribution in [0.4, 0.5) is 0 Å². The fraction of sp³-hybridized carbons (Fsp3) is 0.308. The minimum atomic E-state index is -0.122. The summed E-state index contributed by atoms with van der Waals surface area (Å²) >= 11 is 4.23. The Morgan fingerprint density at radius 1 is 1.41 bits per heavy atom. The quantitative estimate of drug-likeness (QED) is 0.443. The van der Waals surface area contributed by atoms with E-state index in [4.69, 9.17) is 4.74 Å². The van der Waals surface area contributed by atoms with Crippen LogP contribution in [0.15, 0.2) is 41.8 Å². The van der Waals surface area contributed by atoms with E-state index >= 15 is 0 Å². The Labute approximate surface area is 107 Å². The Bertz CT molecular complexity index is 379. The molecule has 0 saturated heterocycles. The van der Waals surface area contributed by atoms with Crippen molar-refractivity contribution in [2.75, 3.05) is 19.8 Å². The summed E-state index contributed by atoms with van der Waals surface area (Å²) in [4.78, 5) is 12.4. The first-order valence-corrected chi connectivity index (χ1v) is 5.95. The fourth-order valence-corrected chi connectivity index (χ4v) is 1.53. The molecular weight excluding hydrogens is 234 g/mol. The largest absolute Gasteiger partial charge is 0.379 e. The van der Waals surface area contributed by atoms with Crippen molar-refractivity contribution in [2.24, 2.45) is 0 Å². The molecule has 92 valence electrons. The summed E-state index contributed by atoms with van der Waals surface area (Å²) in [6, 6.07) is 7.20. The van der Waals surface area contributed by atoms with Crippen LogP contribution < -0.4 is 5.32 Å². The zero-order valence-corrected chi connectivity index (χ0v) is 10.6. The number of rotatable bonds is 7. The lowest BCUT2D eigenvalue weighted by Gasteiger charge is -2.07. The lowest BCUT2D eigenvalue weighted by molar-refractivity contribution is 0.0915. The smallest absolute Gasteiger partial charge is 0.252 e. The maximum atomic E-state index is 11.7. The maximum Gasteiger partial charge on any atom is 0.252 e. The molecule has 0 unspecified atom stereocenters. The Morgan fingerprint density at radius 2 is 2.18 bits per heavy atom. The normalized spacial score (nSPS) is 9.94. The van der Waals surface area contributed by atoms with E-state index in [1.165, 1.54) is 0 Å². The number of carbonyl (C=O) groups is 1. The van der Waals surface area contributed by atoms with Crippen LogP contribution in [-0.4, -0.2) is 25.7 Å². The minimum absolute atomic E-state index is 0.122. The van der Waals surface area contributed by atoms with E-state index in [-0.39, 0.29) is 5.91 Å². The highest BCUT2D eigenvalue weighted by atomic mass is 32.1. The highest BCUT2D eigenvalue weighted by molar-refractivity contribution is 7.80. The number of thiol groups is 1. The molecule has 3 nitrogen and oxygen atoms in total. The van der Waals surface area contributed by atoms with Crippen molar-refractivity contribution in [3.8, 4) is 0 Å². The summed E-state index contributed by atoms with van der Waals surface area (Å²) in [6.07, 6.45) is 2.63. The molecule has 1 N–H and O–H groups in total. The van der Waals surface area contributed by atoms with Crippen molar-refractivity contribution in [1.82, 2.24) is 5.32 Å². The number of hydrogen-bond acceptors (Lipinski definition) is 3. The van der Waals surface area contributed by atoms with Crippen LogP contribution in [0.3, 0.4) is 0 Å². The Balaban J connectivity index is 2.26. The molecule has 4 heteroatoms. The molecule has 1 aromatic carbocycles. The molecule has 0 spiro atoms. The number of hydrogen-bond donors (Lipinski definition) is 2. The van der Waals surface area contributed by atoms with Gasteiger partial charge in [-0.25, -0.2) is 0 Å². The molecule has 0 radical (unpaired) electrons. The molecule has 0 aliphatic heterocycles. The van der Waals surface area contributed by atoms with E-state index in [0.29, 0.717) is 30.2 Å². The molecule has 1 amide bonds. The van der Waals surface area contributed by atoms with E-state index in [9.17, 15) is 4.79 Å². The van der Waals surface area contributed by atoms with Crippen molar-refractivity contribution < 1.29 is 9.53 Å². The first kappa shape index (κ1) is 13.8. The van der Waals surface area contributed by atoms with Crippen molar-refractivity contribution >= 4 is 18.5 Å². The second-order valence-electron chi connectivity index (χ2n) is 3.46. The molecule has 0 fully saturated rings. The van der Waals surface area contributed by atoms with Crippen LogP contribution >= 0.6 is 12.6 Å². The van der Waals surface area contributed by atoms with E-state index < -0.39 is 0 Å². The van der Waals surface area contributed by atoms with Crippen LogP contribution in [-0.2, 0) is 4.74 Å². The number of nitrogens with one attached hydrogen (secondary N) is 1. The van der Waals surface area contributed by atoms with Gasteiger partial charge in [-0.3, -0.25) is 4.79 Å². The van der Waals surface area contributed by atoms with Gasteiger partial charge in [-0.2, -0.15) is 0 Å². The monoisotopic (exact) mass is 251 g/mol. The highest BCUT2D eigenvalue weighted by Gasteiger charge is 2.07. The van der Waals surface area contributed by atoms with Crippen molar-refractivity contribution in [3.63, 3.8) is 0 Å². The van der Waals surface area contributed by atoms with Crippen LogP contribution in [0.1, 0.15) is 16.8 Å². The zero-order chi connectivity index (χ0) is 12.5. The molecule has 1 aromatic rings. The topological polar surface area (TPSA) is 38.3 Å². The van der Waals surface area contributed by atoms with E-state index in [1.54, 1.807) is 18.2 Å². The van der Waals surface area contributed by atoms with Gasteiger partial charge in [0.15, 0.2) is 0 Å². The Kier molecular flexibility index (Phi) is 6.43. The molecule has 0 aliphatic carbocycles. The van der Waals surface area contributed by atoms with Gasteiger partial charge in [-0.1, -0.05) is 18.2 Å². The van der Waals surface area contributed by atoms with Gasteiger partial charge >= 0.3 is 0 Å². The van der Waals surface area contributed by atoms with Crippen molar-refractivity contribution in [3.05, 3.63) is 42.5 Å². The first-order valence-electron chi connectivity index (χ1n) is 5.50. The van der Waals surface area contributed by atoms with E-state index in [0.717, 1.165) is 6.42 Å². The van der Waals surface area contributed by atoms with Crippen LogP contribution in [0, 0.1) is 0 Å². The summed E-state index contributed by atoms with van der Waals surface area (Å²) in [5.74, 6) is -0.122. The lowest BCUT2D eigenvalue weighted by atomic mass is 10.2. The Hall–Kier alpha value is -1.26.